The minimum absolute atomic E-state index is 0. The van der Waals surface area contributed by atoms with E-state index in [1.165, 1.54) is 48.8 Å². The van der Waals surface area contributed by atoms with Gasteiger partial charge in [-0.05, 0) is 48.8 Å². The summed E-state index contributed by atoms with van der Waals surface area (Å²) < 4.78 is 6.35. The maximum absolute atomic E-state index is 6.35. The Bertz CT molecular complexity index is 593. The van der Waals surface area contributed by atoms with Crippen molar-refractivity contribution in [2.45, 2.75) is 40.0 Å². The van der Waals surface area contributed by atoms with E-state index in [-0.39, 0.29) is 14.3 Å². The molecular formula is C22H32BNO. The van der Waals surface area contributed by atoms with Crippen molar-refractivity contribution in [3.05, 3.63) is 60.2 Å². The lowest BCUT2D eigenvalue weighted by Gasteiger charge is -2.27. The number of likely N-dealkylation sites (tertiary alicyclic amines) is 1. The van der Waals surface area contributed by atoms with Crippen LogP contribution in [0.2, 0.25) is 0 Å². The number of benzene rings is 2. The molecule has 1 saturated heterocycles. The molecule has 2 nitrogen and oxygen atoms in total. The topological polar surface area (TPSA) is 12.5 Å². The lowest BCUT2D eigenvalue weighted by atomic mass is 9.55. The van der Waals surface area contributed by atoms with Crippen LogP contribution in [0.1, 0.15) is 39.2 Å². The highest BCUT2D eigenvalue weighted by Crippen LogP contribution is 2.08. The molecule has 25 heavy (non-hydrogen) atoms. The van der Waals surface area contributed by atoms with E-state index in [1.807, 2.05) is 0 Å². The highest BCUT2D eigenvalue weighted by atomic mass is 16.4. The summed E-state index contributed by atoms with van der Waals surface area (Å²) in [5.41, 5.74) is 3.86. The Kier molecular flexibility index (Phi) is 8.23. The van der Waals surface area contributed by atoms with E-state index in [0.29, 0.717) is 0 Å². The molecule has 1 heterocycles. The van der Waals surface area contributed by atoms with Gasteiger partial charge in [-0.15, -0.1) is 0 Å². The number of piperidine rings is 1. The molecule has 0 N–H and O–H groups in total. The van der Waals surface area contributed by atoms with Crippen molar-refractivity contribution >= 4 is 17.8 Å². The lowest BCUT2D eigenvalue weighted by molar-refractivity contribution is 0.186. The van der Waals surface area contributed by atoms with Gasteiger partial charge >= 0.3 is 6.92 Å². The van der Waals surface area contributed by atoms with Crippen LogP contribution in [0.5, 0.6) is 0 Å². The molecule has 1 aliphatic rings. The smallest absolute Gasteiger partial charge is 0.361 e. The second kappa shape index (κ2) is 10.4. The Morgan fingerprint density at radius 3 is 2.16 bits per heavy atom. The molecule has 3 rings (SSSR count). The lowest BCUT2D eigenvalue weighted by Crippen LogP contribution is -2.46. The van der Waals surface area contributed by atoms with Crippen LogP contribution >= 0.6 is 0 Å². The van der Waals surface area contributed by atoms with Gasteiger partial charge in [-0.2, -0.15) is 0 Å². The molecule has 3 heteroatoms. The third kappa shape index (κ3) is 5.72. The fourth-order valence-electron chi connectivity index (χ4n) is 3.42. The summed E-state index contributed by atoms with van der Waals surface area (Å²) in [7, 11) is 0. The van der Waals surface area contributed by atoms with Gasteiger partial charge < -0.3 is 9.55 Å². The van der Waals surface area contributed by atoms with Gasteiger partial charge in [0.2, 0.25) is 0 Å². The molecule has 2 aromatic carbocycles. The first-order valence-corrected chi connectivity index (χ1v) is 9.34. The van der Waals surface area contributed by atoms with Crippen molar-refractivity contribution in [2.24, 2.45) is 0 Å². The van der Waals surface area contributed by atoms with Crippen molar-refractivity contribution in [2.75, 3.05) is 26.2 Å². The van der Waals surface area contributed by atoms with Crippen LogP contribution in [0, 0.1) is 0 Å². The summed E-state index contributed by atoms with van der Waals surface area (Å²) in [5.74, 6) is 0. The Morgan fingerprint density at radius 2 is 1.52 bits per heavy atom. The third-order valence-electron chi connectivity index (χ3n) is 4.93. The number of nitrogens with zero attached hydrogens (tertiary/aromatic N) is 1. The molecule has 1 fully saturated rings. The summed E-state index contributed by atoms with van der Waals surface area (Å²) in [6.07, 6.45) is 5.13. The van der Waals surface area contributed by atoms with Crippen molar-refractivity contribution in [1.82, 2.24) is 4.90 Å². The van der Waals surface area contributed by atoms with Gasteiger partial charge in [-0.25, -0.2) is 0 Å². The highest BCUT2D eigenvalue weighted by molar-refractivity contribution is 6.80. The van der Waals surface area contributed by atoms with Gasteiger partial charge in [-0.1, -0.05) is 75.4 Å². The molecule has 0 aromatic heterocycles. The van der Waals surface area contributed by atoms with Crippen LogP contribution in [0.25, 0.3) is 0 Å². The molecule has 0 saturated carbocycles. The van der Waals surface area contributed by atoms with Crippen molar-refractivity contribution in [1.29, 1.82) is 0 Å². The highest BCUT2D eigenvalue weighted by Gasteiger charge is 2.21. The Balaban J connectivity index is 0.00000225. The fraction of sp³-hybridized carbons (Fsp3) is 0.455. The van der Waals surface area contributed by atoms with Gasteiger partial charge in [-0.3, -0.25) is 0 Å². The average Bonchev–Trinajstić information content (AvgIpc) is 2.67. The molecule has 0 aliphatic carbocycles. The molecule has 0 spiro atoms. The van der Waals surface area contributed by atoms with Crippen LogP contribution in [0.4, 0.5) is 0 Å². The zero-order chi connectivity index (χ0) is 16.6. The van der Waals surface area contributed by atoms with Gasteiger partial charge in [0.25, 0.3) is 0 Å². The zero-order valence-electron chi connectivity index (χ0n) is 14.8. The van der Waals surface area contributed by atoms with Crippen LogP contribution in [-0.4, -0.2) is 38.1 Å². The molecule has 2 aromatic rings. The first kappa shape index (κ1) is 19.7. The number of hydrogen-bond donors (Lipinski definition) is 0. The van der Waals surface area contributed by atoms with E-state index < -0.39 is 0 Å². The molecule has 0 bridgehead atoms. The average molecular weight is 337 g/mol. The Labute approximate surface area is 154 Å². The molecule has 1 aliphatic heterocycles. The number of aryl methyl sites for hydroxylation is 1. The summed E-state index contributed by atoms with van der Waals surface area (Å²) in [4.78, 5) is 2.53. The number of rotatable bonds is 7. The molecule has 0 radical (unpaired) electrons. The summed E-state index contributed by atoms with van der Waals surface area (Å²) in [6, 6.07) is 19.5. The van der Waals surface area contributed by atoms with E-state index in [1.54, 1.807) is 0 Å². The summed E-state index contributed by atoms with van der Waals surface area (Å²) in [6.45, 7) is 6.50. The number of hydrogen-bond acceptors (Lipinski definition) is 2. The molecule has 0 amide bonds. The minimum Gasteiger partial charge on any atom is -0.426 e. The van der Waals surface area contributed by atoms with E-state index in [9.17, 15) is 0 Å². The standard InChI is InChI=1S/C21H28BNO.CH4/c1-2-19-11-13-21(14-12-19)22(20-9-5-3-6-10-20)24-18-17-23-15-7-4-8-16-23;/h3,5-6,9-14H,2,4,7-8,15-18H2,1H3;1H4. The van der Waals surface area contributed by atoms with Crippen molar-refractivity contribution in [3.8, 4) is 0 Å². The van der Waals surface area contributed by atoms with Gasteiger partial charge in [0.15, 0.2) is 0 Å². The zero-order valence-corrected chi connectivity index (χ0v) is 14.8. The minimum atomic E-state index is 0. The molecule has 134 valence electrons. The van der Waals surface area contributed by atoms with Gasteiger partial charge in [0.05, 0.1) is 0 Å². The van der Waals surface area contributed by atoms with E-state index in [4.69, 9.17) is 4.65 Å². The van der Waals surface area contributed by atoms with E-state index >= 15 is 0 Å². The van der Waals surface area contributed by atoms with Crippen molar-refractivity contribution < 1.29 is 4.65 Å². The third-order valence-corrected chi connectivity index (χ3v) is 4.93. The molecule has 0 unspecified atom stereocenters. The predicted octanol–water partition coefficient (Wildman–Crippen LogP) is 3.49. The van der Waals surface area contributed by atoms with Gasteiger partial charge in [0, 0.05) is 13.2 Å². The van der Waals surface area contributed by atoms with E-state index in [2.05, 4.69) is 66.4 Å². The monoisotopic (exact) mass is 337 g/mol. The largest absolute Gasteiger partial charge is 0.426 e. The summed E-state index contributed by atoms with van der Waals surface area (Å²) >= 11 is 0. The first-order chi connectivity index (χ1) is 11.9. The maximum Gasteiger partial charge on any atom is 0.361 e. The first-order valence-electron chi connectivity index (χ1n) is 9.34. The quantitative estimate of drug-likeness (QED) is 0.717. The Morgan fingerprint density at radius 1 is 0.880 bits per heavy atom. The second-order valence-electron chi connectivity index (χ2n) is 6.66. The predicted molar refractivity (Wildman–Crippen MR) is 110 cm³/mol. The maximum atomic E-state index is 6.35. The molecular weight excluding hydrogens is 305 g/mol. The van der Waals surface area contributed by atoms with Crippen LogP contribution in [-0.2, 0) is 11.1 Å². The second-order valence-corrected chi connectivity index (χ2v) is 6.66. The SMILES string of the molecule is C.CCc1ccc(B(OCCN2CCCCC2)c2ccccc2)cc1. The summed E-state index contributed by atoms with van der Waals surface area (Å²) in [5, 5.41) is 0. The van der Waals surface area contributed by atoms with Crippen molar-refractivity contribution in [3.63, 3.8) is 0 Å². The van der Waals surface area contributed by atoms with Gasteiger partial charge in [0.1, 0.15) is 0 Å². The Hall–Kier alpha value is -1.58. The van der Waals surface area contributed by atoms with Crippen LogP contribution in [0.3, 0.4) is 0 Å². The van der Waals surface area contributed by atoms with Crippen LogP contribution in [0.15, 0.2) is 54.6 Å². The molecule has 0 atom stereocenters. The van der Waals surface area contributed by atoms with E-state index in [0.717, 1.165) is 19.6 Å². The normalized spacial score (nSPS) is 14.8. The fourth-order valence-corrected chi connectivity index (χ4v) is 3.42. The van der Waals surface area contributed by atoms with Crippen LogP contribution < -0.4 is 10.9 Å².